The third-order valence-electron chi connectivity index (χ3n) is 2.73. The molecule has 0 fully saturated rings. The molecule has 0 atom stereocenters. The average Bonchev–Trinajstić information content (AvgIpc) is 2.42. The Morgan fingerprint density at radius 2 is 1.82 bits per heavy atom. The van der Waals surface area contributed by atoms with Crippen molar-refractivity contribution < 1.29 is 17.9 Å². The molecule has 22 heavy (non-hydrogen) atoms. The van der Waals surface area contributed by atoms with Gasteiger partial charge in [-0.2, -0.15) is 0 Å². The summed E-state index contributed by atoms with van der Waals surface area (Å²) in [5.74, 6) is -0.00562. The molecule has 1 amide bonds. The van der Waals surface area contributed by atoms with Crippen molar-refractivity contribution in [1.82, 2.24) is 5.32 Å². The lowest BCUT2D eigenvalue weighted by atomic mass is 10.2. The van der Waals surface area contributed by atoms with E-state index < -0.39 is 21.7 Å². The lowest BCUT2D eigenvalue weighted by Gasteiger charge is -2.24. The predicted octanol–water partition coefficient (Wildman–Crippen LogP) is 2.37. The zero-order chi connectivity index (χ0) is 16.8. The number of anilines is 1. The summed E-state index contributed by atoms with van der Waals surface area (Å²) in [6.45, 7) is 7.22. The highest BCUT2D eigenvalue weighted by Gasteiger charge is 2.21. The highest BCUT2D eigenvalue weighted by atomic mass is 32.2. The first kappa shape index (κ1) is 18.3. The lowest BCUT2D eigenvalue weighted by Crippen LogP contribution is -2.41. The summed E-state index contributed by atoms with van der Waals surface area (Å²) in [6.07, 6.45) is -0.561. The standard InChI is InChI=1S/C15H24N2O4S/c1-5-22(19,20)17(13-9-7-6-8-10-13)12-11-16-14(18)21-15(2,3)4/h6-10H,5,11-12H2,1-4H3,(H,16,18). The van der Waals surface area contributed by atoms with E-state index in [1.807, 2.05) is 6.07 Å². The fraction of sp³-hybridized carbons (Fsp3) is 0.533. The number of carbonyl (C=O) groups is 1. The van der Waals surface area contributed by atoms with Gasteiger partial charge in [-0.15, -0.1) is 0 Å². The van der Waals surface area contributed by atoms with E-state index in [1.165, 1.54) is 4.31 Å². The summed E-state index contributed by atoms with van der Waals surface area (Å²) in [7, 11) is -3.41. The monoisotopic (exact) mass is 328 g/mol. The second-order valence-corrected chi connectivity index (χ2v) is 7.92. The molecule has 1 N–H and O–H groups in total. The fourth-order valence-corrected chi connectivity index (χ4v) is 2.88. The molecule has 6 nitrogen and oxygen atoms in total. The molecular formula is C15H24N2O4S. The summed E-state index contributed by atoms with van der Waals surface area (Å²) in [4.78, 5) is 11.6. The number of sulfonamides is 1. The summed E-state index contributed by atoms with van der Waals surface area (Å²) in [5.41, 5.74) is -0.00561. The normalized spacial score (nSPS) is 11.8. The quantitative estimate of drug-likeness (QED) is 0.870. The molecule has 1 aromatic rings. The van der Waals surface area contributed by atoms with E-state index in [0.717, 1.165) is 0 Å². The van der Waals surface area contributed by atoms with Crippen LogP contribution in [-0.4, -0.2) is 39.0 Å². The summed E-state index contributed by atoms with van der Waals surface area (Å²) < 4.78 is 30.8. The highest BCUT2D eigenvalue weighted by Crippen LogP contribution is 2.17. The SMILES string of the molecule is CCS(=O)(=O)N(CCNC(=O)OC(C)(C)C)c1ccccc1. The summed E-state index contributed by atoms with van der Waals surface area (Å²) in [6, 6.07) is 8.81. The van der Waals surface area contributed by atoms with Crippen molar-refractivity contribution in [3.63, 3.8) is 0 Å². The molecule has 0 unspecified atom stereocenters. The Morgan fingerprint density at radius 1 is 1.23 bits per heavy atom. The van der Waals surface area contributed by atoms with E-state index in [4.69, 9.17) is 4.74 Å². The minimum Gasteiger partial charge on any atom is -0.444 e. The average molecular weight is 328 g/mol. The molecular weight excluding hydrogens is 304 g/mol. The van der Waals surface area contributed by atoms with Crippen LogP contribution in [0.15, 0.2) is 30.3 Å². The summed E-state index contributed by atoms with van der Waals surface area (Å²) in [5, 5.41) is 2.57. The van der Waals surface area contributed by atoms with Gasteiger partial charge in [0.05, 0.1) is 18.0 Å². The number of nitrogens with one attached hydrogen (secondary N) is 1. The van der Waals surface area contributed by atoms with Crippen molar-refractivity contribution in [1.29, 1.82) is 0 Å². The summed E-state index contributed by atoms with van der Waals surface area (Å²) >= 11 is 0. The Kier molecular flexibility index (Phi) is 6.22. The van der Waals surface area contributed by atoms with Crippen LogP contribution in [0.3, 0.4) is 0 Å². The lowest BCUT2D eigenvalue weighted by molar-refractivity contribution is 0.0529. The van der Waals surface area contributed by atoms with Gasteiger partial charge in [0.15, 0.2) is 0 Å². The van der Waals surface area contributed by atoms with Crippen LogP contribution >= 0.6 is 0 Å². The number of alkyl carbamates (subject to hydrolysis) is 1. The second-order valence-electron chi connectivity index (χ2n) is 5.74. The third-order valence-corrected chi connectivity index (χ3v) is 4.52. The minimum atomic E-state index is -3.41. The molecule has 7 heteroatoms. The van der Waals surface area contributed by atoms with E-state index in [1.54, 1.807) is 52.0 Å². The van der Waals surface area contributed by atoms with Gasteiger partial charge in [0.1, 0.15) is 5.60 Å². The number of hydrogen-bond donors (Lipinski definition) is 1. The minimum absolute atomic E-state index is 0.00562. The largest absolute Gasteiger partial charge is 0.444 e. The molecule has 0 saturated heterocycles. The van der Waals surface area contributed by atoms with Crippen LogP contribution in [0.25, 0.3) is 0 Å². The molecule has 0 aliphatic rings. The van der Waals surface area contributed by atoms with Crippen LogP contribution in [0, 0.1) is 0 Å². The van der Waals surface area contributed by atoms with Crippen molar-refractivity contribution in [2.24, 2.45) is 0 Å². The van der Waals surface area contributed by atoms with Crippen LogP contribution in [0.5, 0.6) is 0 Å². The molecule has 0 aromatic heterocycles. The number of amides is 1. The van der Waals surface area contributed by atoms with Crippen LogP contribution in [-0.2, 0) is 14.8 Å². The molecule has 0 aliphatic carbocycles. The molecule has 0 bridgehead atoms. The van der Waals surface area contributed by atoms with Crippen molar-refractivity contribution >= 4 is 21.8 Å². The predicted molar refractivity (Wildman–Crippen MR) is 87.5 cm³/mol. The van der Waals surface area contributed by atoms with E-state index in [9.17, 15) is 13.2 Å². The van der Waals surface area contributed by atoms with Gasteiger partial charge in [-0.25, -0.2) is 13.2 Å². The number of ether oxygens (including phenoxy) is 1. The first-order valence-electron chi connectivity index (χ1n) is 7.18. The van der Waals surface area contributed by atoms with Crippen LogP contribution in [0.1, 0.15) is 27.7 Å². The van der Waals surface area contributed by atoms with Crippen molar-refractivity contribution in [2.75, 3.05) is 23.1 Å². The molecule has 0 aliphatic heterocycles. The Morgan fingerprint density at radius 3 is 2.32 bits per heavy atom. The van der Waals surface area contributed by atoms with Crippen LogP contribution in [0.4, 0.5) is 10.5 Å². The van der Waals surface area contributed by atoms with Gasteiger partial charge in [-0.1, -0.05) is 18.2 Å². The maximum Gasteiger partial charge on any atom is 0.407 e. The van der Waals surface area contributed by atoms with E-state index in [2.05, 4.69) is 5.32 Å². The number of para-hydroxylation sites is 1. The Hall–Kier alpha value is -1.76. The molecule has 1 rings (SSSR count). The highest BCUT2D eigenvalue weighted by molar-refractivity contribution is 7.92. The van der Waals surface area contributed by atoms with Crippen molar-refractivity contribution in [2.45, 2.75) is 33.3 Å². The van der Waals surface area contributed by atoms with Gasteiger partial charge in [0, 0.05) is 6.54 Å². The van der Waals surface area contributed by atoms with Gasteiger partial charge in [0.2, 0.25) is 10.0 Å². The first-order chi connectivity index (χ1) is 10.2. The van der Waals surface area contributed by atoms with E-state index in [-0.39, 0.29) is 18.8 Å². The maximum absolute atomic E-state index is 12.2. The number of benzene rings is 1. The molecule has 124 valence electrons. The Labute approximate surface area is 132 Å². The number of carbonyl (C=O) groups excluding carboxylic acids is 1. The smallest absolute Gasteiger partial charge is 0.407 e. The second kappa shape index (κ2) is 7.49. The Balaban J connectivity index is 2.70. The van der Waals surface area contributed by atoms with E-state index in [0.29, 0.717) is 5.69 Å². The molecule has 0 saturated carbocycles. The van der Waals surface area contributed by atoms with Crippen molar-refractivity contribution in [3.05, 3.63) is 30.3 Å². The zero-order valence-electron chi connectivity index (χ0n) is 13.5. The Bertz CT molecular complexity index is 579. The number of hydrogen-bond acceptors (Lipinski definition) is 4. The van der Waals surface area contributed by atoms with Crippen LogP contribution < -0.4 is 9.62 Å². The van der Waals surface area contributed by atoms with Gasteiger partial charge in [-0.05, 0) is 39.8 Å². The number of nitrogens with zero attached hydrogens (tertiary/aromatic N) is 1. The van der Waals surface area contributed by atoms with Crippen LogP contribution in [0.2, 0.25) is 0 Å². The topological polar surface area (TPSA) is 75.7 Å². The van der Waals surface area contributed by atoms with Gasteiger partial charge < -0.3 is 10.1 Å². The maximum atomic E-state index is 12.2. The van der Waals surface area contributed by atoms with E-state index >= 15 is 0 Å². The zero-order valence-corrected chi connectivity index (χ0v) is 14.3. The third kappa shape index (κ3) is 5.93. The molecule has 0 spiro atoms. The molecule has 0 radical (unpaired) electrons. The fourth-order valence-electron chi connectivity index (χ4n) is 1.75. The van der Waals surface area contributed by atoms with Gasteiger partial charge >= 0.3 is 6.09 Å². The first-order valence-corrected chi connectivity index (χ1v) is 8.79. The molecule has 1 aromatic carbocycles. The molecule has 0 heterocycles. The number of rotatable bonds is 6. The van der Waals surface area contributed by atoms with Gasteiger partial charge in [-0.3, -0.25) is 4.31 Å². The van der Waals surface area contributed by atoms with Crippen molar-refractivity contribution in [3.8, 4) is 0 Å². The van der Waals surface area contributed by atoms with Gasteiger partial charge in [0.25, 0.3) is 0 Å².